The van der Waals surface area contributed by atoms with Gasteiger partial charge in [-0.1, -0.05) is 13.0 Å². The number of aryl methyl sites for hydroxylation is 1. The Morgan fingerprint density at radius 1 is 1.15 bits per heavy atom. The summed E-state index contributed by atoms with van der Waals surface area (Å²) in [5.74, 6) is -2.96. The molecule has 2 heterocycles. The first-order valence-corrected chi connectivity index (χ1v) is 10.6. The molecule has 34 heavy (non-hydrogen) atoms. The zero-order valence-electron chi connectivity index (χ0n) is 19.0. The highest BCUT2D eigenvalue weighted by Crippen LogP contribution is 2.22. The third kappa shape index (κ3) is 6.12. The summed E-state index contributed by atoms with van der Waals surface area (Å²) >= 11 is 0. The van der Waals surface area contributed by atoms with Gasteiger partial charge in [-0.05, 0) is 56.2 Å². The van der Waals surface area contributed by atoms with E-state index in [1.54, 1.807) is 50.6 Å². The molecular weight excluding hydrogens is 438 g/mol. The van der Waals surface area contributed by atoms with Gasteiger partial charge in [-0.3, -0.25) is 9.78 Å². The molecule has 0 fully saturated rings. The van der Waals surface area contributed by atoms with E-state index >= 15 is 0 Å². The zero-order valence-corrected chi connectivity index (χ0v) is 19.0. The number of benzene rings is 1. The second-order valence-electron chi connectivity index (χ2n) is 7.56. The van der Waals surface area contributed by atoms with Crippen molar-refractivity contribution in [3.63, 3.8) is 0 Å². The van der Waals surface area contributed by atoms with Gasteiger partial charge in [0.2, 0.25) is 12.0 Å². The van der Waals surface area contributed by atoms with Gasteiger partial charge < -0.3 is 20.5 Å². The number of anilines is 2. The minimum atomic E-state index is -1.82. The molecule has 3 rings (SSSR count). The Labute approximate surface area is 196 Å². The molecule has 1 amide bonds. The SMILES string of the molecule is CCC(C)OC(=O)C(NC(=O)c1ccc(C)c(Nc2nccc(-c3cccnc3)n2)c1)C(=O)O. The predicted octanol–water partition coefficient (Wildman–Crippen LogP) is 3.12. The lowest BCUT2D eigenvalue weighted by Gasteiger charge is -2.17. The molecule has 2 aromatic heterocycles. The van der Waals surface area contributed by atoms with Gasteiger partial charge in [-0.2, -0.15) is 0 Å². The van der Waals surface area contributed by atoms with E-state index in [4.69, 9.17) is 4.74 Å². The molecule has 176 valence electrons. The van der Waals surface area contributed by atoms with Crippen LogP contribution in [-0.2, 0) is 14.3 Å². The van der Waals surface area contributed by atoms with E-state index in [-0.39, 0.29) is 5.56 Å². The standard InChI is InChI=1S/C24H25N5O5/c1-4-15(3)34-23(33)20(22(31)32)29-21(30)16-8-7-14(2)19(12-16)28-24-26-11-9-18(27-24)17-6-5-10-25-13-17/h5-13,15,20H,4H2,1-3H3,(H,29,30)(H,31,32)(H,26,27,28). The van der Waals surface area contributed by atoms with Crippen LogP contribution < -0.4 is 10.6 Å². The number of rotatable bonds is 9. The van der Waals surface area contributed by atoms with Crippen molar-refractivity contribution in [1.82, 2.24) is 20.3 Å². The smallest absolute Gasteiger partial charge is 0.340 e. The van der Waals surface area contributed by atoms with Crippen LogP contribution in [0.25, 0.3) is 11.3 Å². The van der Waals surface area contributed by atoms with E-state index in [1.165, 1.54) is 12.1 Å². The second-order valence-corrected chi connectivity index (χ2v) is 7.56. The Bertz CT molecular complexity index is 1190. The van der Waals surface area contributed by atoms with Crippen LogP contribution in [0, 0.1) is 6.92 Å². The predicted molar refractivity (Wildman–Crippen MR) is 124 cm³/mol. The Hall–Kier alpha value is -4.34. The number of carbonyl (C=O) groups is 3. The maximum absolute atomic E-state index is 12.7. The Morgan fingerprint density at radius 2 is 1.94 bits per heavy atom. The number of aliphatic carboxylic acids is 1. The first-order chi connectivity index (χ1) is 16.3. The number of nitrogens with zero attached hydrogens (tertiary/aromatic N) is 3. The summed E-state index contributed by atoms with van der Waals surface area (Å²) < 4.78 is 5.06. The maximum atomic E-state index is 12.7. The third-order valence-electron chi connectivity index (χ3n) is 5.01. The van der Waals surface area contributed by atoms with Crippen LogP contribution in [0.4, 0.5) is 11.6 Å². The van der Waals surface area contributed by atoms with Gasteiger partial charge in [-0.25, -0.2) is 19.6 Å². The molecular formula is C24H25N5O5. The van der Waals surface area contributed by atoms with Crippen molar-refractivity contribution in [2.24, 2.45) is 0 Å². The van der Waals surface area contributed by atoms with E-state index in [9.17, 15) is 19.5 Å². The van der Waals surface area contributed by atoms with Crippen LogP contribution >= 0.6 is 0 Å². The Balaban J connectivity index is 1.79. The molecule has 0 bridgehead atoms. The number of amides is 1. The van der Waals surface area contributed by atoms with Gasteiger partial charge in [-0.15, -0.1) is 0 Å². The Morgan fingerprint density at radius 3 is 2.62 bits per heavy atom. The molecule has 0 aliphatic rings. The quantitative estimate of drug-likeness (QED) is 0.322. The van der Waals surface area contributed by atoms with Crippen LogP contribution in [-0.4, -0.2) is 50.1 Å². The molecule has 0 aliphatic heterocycles. The van der Waals surface area contributed by atoms with Gasteiger partial charge in [0.1, 0.15) is 0 Å². The van der Waals surface area contributed by atoms with Crippen LogP contribution in [0.15, 0.2) is 55.0 Å². The number of carbonyl (C=O) groups excluding carboxylic acids is 2. The van der Waals surface area contributed by atoms with Crippen LogP contribution in [0.5, 0.6) is 0 Å². The molecule has 3 N–H and O–H groups in total. The van der Waals surface area contributed by atoms with Crippen molar-refractivity contribution < 1.29 is 24.2 Å². The van der Waals surface area contributed by atoms with E-state index in [0.717, 1.165) is 11.1 Å². The average Bonchev–Trinajstić information content (AvgIpc) is 2.84. The van der Waals surface area contributed by atoms with E-state index < -0.39 is 30.0 Å². The van der Waals surface area contributed by atoms with Gasteiger partial charge in [0, 0.05) is 35.4 Å². The molecule has 1 aromatic carbocycles. The van der Waals surface area contributed by atoms with Gasteiger partial charge >= 0.3 is 11.9 Å². The monoisotopic (exact) mass is 463 g/mol. The normalized spacial score (nSPS) is 12.3. The largest absolute Gasteiger partial charge is 0.479 e. The van der Waals surface area contributed by atoms with Gasteiger partial charge in [0.25, 0.3) is 5.91 Å². The number of aromatic nitrogens is 3. The lowest BCUT2D eigenvalue weighted by atomic mass is 10.1. The number of esters is 1. The first-order valence-electron chi connectivity index (χ1n) is 10.6. The molecule has 0 saturated heterocycles. The fourth-order valence-electron chi connectivity index (χ4n) is 2.90. The highest BCUT2D eigenvalue weighted by Gasteiger charge is 2.31. The summed E-state index contributed by atoms with van der Waals surface area (Å²) in [6.07, 6.45) is 5.01. The fourth-order valence-corrected chi connectivity index (χ4v) is 2.90. The molecule has 0 saturated carbocycles. The maximum Gasteiger partial charge on any atom is 0.340 e. The molecule has 0 radical (unpaired) electrons. The van der Waals surface area contributed by atoms with Crippen molar-refractivity contribution in [3.05, 3.63) is 66.1 Å². The first kappa shape index (κ1) is 24.3. The molecule has 10 nitrogen and oxygen atoms in total. The number of hydrogen-bond donors (Lipinski definition) is 3. The van der Waals surface area contributed by atoms with E-state index in [0.29, 0.717) is 23.8 Å². The summed E-state index contributed by atoms with van der Waals surface area (Å²) in [6.45, 7) is 5.27. The topological polar surface area (TPSA) is 143 Å². The number of hydrogen-bond acceptors (Lipinski definition) is 8. The lowest BCUT2D eigenvalue weighted by molar-refractivity contribution is -0.158. The summed E-state index contributed by atoms with van der Waals surface area (Å²) in [4.78, 5) is 49.2. The van der Waals surface area contributed by atoms with Crippen LogP contribution in [0.3, 0.4) is 0 Å². The third-order valence-corrected chi connectivity index (χ3v) is 5.01. The molecule has 2 unspecified atom stereocenters. The van der Waals surface area contributed by atoms with Crippen molar-refractivity contribution in [3.8, 4) is 11.3 Å². The second kappa shape index (κ2) is 11.0. The Kier molecular flexibility index (Phi) is 7.86. The molecule has 0 spiro atoms. The van der Waals surface area contributed by atoms with Crippen molar-refractivity contribution in [2.75, 3.05) is 5.32 Å². The number of carboxylic acids is 1. The molecule has 3 aromatic rings. The summed E-state index contributed by atoms with van der Waals surface area (Å²) in [5, 5.41) is 14.7. The van der Waals surface area contributed by atoms with Crippen molar-refractivity contribution in [1.29, 1.82) is 0 Å². The minimum absolute atomic E-state index is 0.152. The fraction of sp³-hybridized carbons (Fsp3) is 0.250. The minimum Gasteiger partial charge on any atom is -0.479 e. The van der Waals surface area contributed by atoms with Gasteiger partial charge in [0.05, 0.1) is 11.8 Å². The van der Waals surface area contributed by atoms with E-state index in [1.807, 2.05) is 13.0 Å². The van der Waals surface area contributed by atoms with Gasteiger partial charge in [0.15, 0.2) is 0 Å². The number of ether oxygens (including phenoxy) is 1. The highest BCUT2D eigenvalue weighted by molar-refractivity contribution is 6.05. The summed E-state index contributed by atoms with van der Waals surface area (Å²) in [6, 6.07) is 8.36. The number of carboxylic acid groups (broad SMARTS) is 1. The molecule has 10 heteroatoms. The summed E-state index contributed by atoms with van der Waals surface area (Å²) in [5.41, 5.74) is 2.99. The van der Waals surface area contributed by atoms with E-state index in [2.05, 4.69) is 25.6 Å². The lowest BCUT2D eigenvalue weighted by Crippen LogP contribution is -2.48. The van der Waals surface area contributed by atoms with Crippen LogP contribution in [0.2, 0.25) is 0 Å². The molecule has 2 atom stereocenters. The summed E-state index contributed by atoms with van der Waals surface area (Å²) in [7, 11) is 0. The average molecular weight is 463 g/mol. The molecule has 0 aliphatic carbocycles. The number of pyridine rings is 1. The number of nitrogens with one attached hydrogen (secondary N) is 2. The van der Waals surface area contributed by atoms with Crippen molar-refractivity contribution >= 4 is 29.5 Å². The van der Waals surface area contributed by atoms with Crippen LogP contribution in [0.1, 0.15) is 36.2 Å². The highest BCUT2D eigenvalue weighted by atomic mass is 16.5. The zero-order chi connectivity index (χ0) is 24.7. The van der Waals surface area contributed by atoms with Crippen molar-refractivity contribution in [2.45, 2.75) is 39.3 Å².